The lowest BCUT2D eigenvalue weighted by Crippen LogP contribution is -2.30. The Morgan fingerprint density at radius 1 is 0.304 bits per heavy atom. The Kier molecular flexibility index (Phi) is 53.0. The van der Waals surface area contributed by atoms with Crippen LogP contribution in [0.3, 0.4) is 0 Å². The number of carbonyl (C=O) groups is 3. The molecule has 1 atom stereocenters. The Balaban J connectivity index is 4.38. The molecule has 0 aliphatic carbocycles. The van der Waals surface area contributed by atoms with E-state index in [1.165, 1.54) is 109 Å². The number of carbonyl (C=O) groups excluding carboxylic acids is 3. The summed E-state index contributed by atoms with van der Waals surface area (Å²) in [6.45, 7) is 6.26. The summed E-state index contributed by atoms with van der Waals surface area (Å²) in [6, 6.07) is 0. The summed E-state index contributed by atoms with van der Waals surface area (Å²) >= 11 is 0. The van der Waals surface area contributed by atoms with E-state index in [0.717, 1.165) is 77.0 Å². The summed E-state index contributed by atoms with van der Waals surface area (Å²) in [5.74, 6) is -1.10. The molecule has 6 nitrogen and oxygen atoms in total. The maximum absolute atomic E-state index is 12.8. The van der Waals surface area contributed by atoms with Crippen LogP contribution in [0.15, 0.2) is 122 Å². The minimum absolute atomic E-state index is 0.131. The molecule has 0 rings (SSSR count). The van der Waals surface area contributed by atoms with Crippen molar-refractivity contribution in [2.24, 2.45) is 0 Å². The average molecular weight is 956 g/mol. The molecule has 0 fully saturated rings. The van der Waals surface area contributed by atoms with Gasteiger partial charge in [0.1, 0.15) is 13.2 Å². The van der Waals surface area contributed by atoms with Gasteiger partial charge in [0, 0.05) is 19.3 Å². The Labute approximate surface area is 424 Å². The van der Waals surface area contributed by atoms with Gasteiger partial charge in [-0.1, -0.05) is 239 Å². The lowest BCUT2D eigenvalue weighted by molar-refractivity contribution is -0.166. The second-order valence-corrected chi connectivity index (χ2v) is 18.1. The Morgan fingerprint density at radius 2 is 0.594 bits per heavy atom. The molecular formula is C63H102O6. The van der Waals surface area contributed by atoms with Crippen LogP contribution in [0.1, 0.15) is 239 Å². The molecule has 0 aliphatic heterocycles. The number of esters is 3. The average Bonchev–Trinajstić information content (AvgIpc) is 3.35. The zero-order valence-electron chi connectivity index (χ0n) is 44.5. The van der Waals surface area contributed by atoms with Crippen molar-refractivity contribution in [3.63, 3.8) is 0 Å². The fourth-order valence-electron chi connectivity index (χ4n) is 7.32. The third-order valence-corrected chi connectivity index (χ3v) is 11.5. The minimum atomic E-state index is -0.847. The molecule has 390 valence electrons. The zero-order valence-corrected chi connectivity index (χ0v) is 44.5. The summed E-state index contributed by atoms with van der Waals surface area (Å²) in [6.07, 6.45) is 78.1. The predicted molar refractivity (Wildman–Crippen MR) is 297 cm³/mol. The molecular weight excluding hydrogens is 853 g/mol. The molecule has 0 aliphatic rings. The lowest BCUT2D eigenvalue weighted by Gasteiger charge is -2.18. The van der Waals surface area contributed by atoms with Gasteiger partial charge >= 0.3 is 17.9 Å². The van der Waals surface area contributed by atoms with Gasteiger partial charge in [-0.15, -0.1) is 0 Å². The van der Waals surface area contributed by atoms with Gasteiger partial charge in [0.05, 0.1) is 0 Å². The van der Waals surface area contributed by atoms with Gasteiger partial charge < -0.3 is 14.2 Å². The number of hydrogen-bond donors (Lipinski definition) is 0. The Morgan fingerprint density at radius 3 is 0.971 bits per heavy atom. The zero-order chi connectivity index (χ0) is 50.0. The smallest absolute Gasteiger partial charge is 0.306 e. The monoisotopic (exact) mass is 955 g/mol. The van der Waals surface area contributed by atoms with Gasteiger partial charge in [-0.2, -0.15) is 0 Å². The van der Waals surface area contributed by atoms with Crippen molar-refractivity contribution >= 4 is 17.9 Å². The van der Waals surface area contributed by atoms with Crippen molar-refractivity contribution in [3.8, 4) is 0 Å². The van der Waals surface area contributed by atoms with Crippen molar-refractivity contribution in [1.82, 2.24) is 0 Å². The van der Waals surface area contributed by atoms with Gasteiger partial charge in [0.2, 0.25) is 0 Å². The highest BCUT2D eigenvalue weighted by atomic mass is 16.6. The summed E-state index contributed by atoms with van der Waals surface area (Å²) in [7, 11) is 0. The third-order valence-electron chi connectivity index (χ3n) is 11.5. The number of hydrogen-bond acceptors (Lipinski definition) is 6. The normalized spacial score (nSPS) is 13.0. The molecule has 0 heterocycles. The molecule has 0 bridgehead atoms. The highest BCUT2D eigenvalue weighted by Crippen LogP contribution is 2.15. The van der Waals surface area contributed by atoms with Crippen LogP contribution in [-0.2, 0) is 28.6 Å². The van der Waals surface area contributed by atoms with Crippen LogP contribution < -0.4 is 0 Å². The third kappa shape index (κ3) is 54.6. The first kappa shape index (κ1) is 64.8. The van der Waals surface area contributed by atoms with Crippen LogP contribution in [0.5, 0.6) is 0 Å². The number of ether oxygens (including phenoxy) is 3. The molecule has 1 unspecified atom stereocenters. The highest BCUT2D eigenvalue weighted by Gasteiger charge is 2.19. The van der Waals surface area contributed by atoms with E-state index in [1.807, 2.05) is 24.3 Å². The number of unbranched alkanes of at least 4 members (excludes halogenated alkanes) is 18. The SMILES string of the molecule is CC/C=C\C/C=C\C/C=C\C/C=C\CCC(=O)OCC(COC(=O)CCCCCCCCCCCCCCC/C=C\C/C=C\CCCCCCC)OC(=O)CC/C=C\C/C=C\C/C=C\C/C=C\CC. The number of allylic oxidation sites excluding steroid dienone is 20. The molecule has 69 heavy (non-hydrogen) atoms. The molecule has 0 spiro atoms. The summed E-state index contributed by atoms with van der Waals surface area (Å²) < 4.78 is 16.7. The van der Waals surface area contributed by atoms with E-state index in [4.69, 9.17) is 14.2 Å². The van der Waals surface area contributed by atoms with Crippen molar-refractivity contribution in [3.05, 3.63) is 122 Å². The minimum Gasteiger partial charge on any atom is -0.462 e. The molecule has 0 aromatic carbocycles. The van der Waals surface area contributed by atoms with Crippen molar-refractivity contribution in [2.45, 2.75) is 245 Å². The second-order valence-electron chi connectivity index (χ2n) is 18.1. The molecule has 0 aromatic heterocycles. The molecule has 0 N–H and O–H groups in total. The first-order valence-electron chi connectivity index (χ1n) is 28.0. The van der Waals surface area contributed by atoms with Crippen molar-refractivity contribution < 1.29 is 28.6 Å². The van der Waals surface area contributed by atoms with E-state index < -0.39 is 12.1 Å². The Hall–Kier alpha value is -4.19. The van der Waals surface area contributed by atoms with E-state index in [-0.39, 0.29) is 38.0 Å². The highest BCUT2D eigenvalue weighted by molar-refractivity contribution is 5.71. The van der Waals surface area contributed by atoms with Gasteiger partial charge in [0.25, 0.3) is 0 Å². The molecule has 0 amide bonds. The summed E-state index contributed by atoms with van der Waals surface area (Å²) in [5.41, 5.74) is 0. The predicted octanol–water partition coefficient (Wildman–Crippen LogP) is 18.9. The van der Waals surface area contributed by atoms with E-state index in [9.17, 15) is 14.4 Å². The van der Waals surface area contributed by atoms with Crippen molar-refractivity contribution in [2.75, 3.05) is 13.2 Å². The molecule has 0 radical (unpaired) electrons. The van der Waals surface area contributed by atoms with Crippen LogP contribution in [0.25, 0.3) is 0 Å². The van der Waals surface area contributed by atoms with Crippen LogP contribution in [0.2, 0.25) is 0 Å². The van der Waals surface area contributed by atoms with Gasteiger partial charge in [-0.25, -0.2) is 0 Å². The fraction of sp³-hybridized carbons (Fsp3) is 0.635. The largest absolute Gasteiger partial charge is 0.462 e. The van der Waals surface area contributed by atoms with E-state index in [0.29, 0.717) is 19.3 Å². The topological polar surface area (TPSA) is 78.9 Å². The van der Waals surface area contributed by atoms with E-state index in [1.54, 1.807) is 0 Å². The van der Waals surface area contributed by atoms with Crippen molar-refractivity contribution in [1.29, 1.82) is 0 Å². The van der Waals surface area contributed by atoms with Crippen LogP contribution in [-0.4, -0.2) is 37.2 Å². The van der Waals surface area contributed by atoms with E-state index >= 15 is 0 Å². The first-order chi connectivity index (χ1) is 34.0. The number of rotatable bonds is 49. The fourth-order valence-corrected chi connectivity index (χ4v) is 7.32. The quantitative estimate of drug-likeness (QED) is 0.0262. The maximum Gasteiger partial charge on any atom is 0.306 e. The maximum atomic E-state index is 12.8. The van der Waals surface area contributed by atoms with Gasteiger partial charge in [-0.05, 0) is 103 Å². The van der Waals surface area contributed by atoms with Gasteiger partial charge in [-0.3, -0.25) is 14.4 Å². The molecule has 0 saturated carbocycles. The second kappa shape index (κ2) is 56.4. The summed E-state index contributed by atoms with van der Waals surface area (Å²) in [5, 5.41) is 0. The summed E-state index contributed by atoms with van der Waals surface area (Å²) in [4.78, 5) is 38.0. The van der Waals surface area contributed by atoms with E-state index in [2.05, 4.69) is 118 Å². The van der Waals surface area contributed by atoms with Crippen LogP contribution >= 0.6 is 0 Å². The Bertz CT molecular complexity index is 1470. The standard InChI is InChI=1S/C63H102O6/c1-4-7-10-13-16-19-22-25-26-27-28-29-30-31-32-33-34-35-36-39-41-44-47-50-53-56-62(65)68-59-60(69-63(66)57-54-51-48-45-42-38-24-21-18-15-12-9-6-3)58-67-61(64)55-52-49-46-43-40-37-23-20-17-14-11-8-5-2/h8-9,11-12,17-18,20-22,25,27-28,37-38,40,42,46,48-49,51,60H,4-7,10,13-16,19,23-24,26,29-36,39,41,43-45,47,50,52-59H2,1-3H3/b11-8-,12-9-,20-17-,21-18-,25-22-,28-27-,40-37-,42-38-,49-46-,51-48-. The molecule has 0 aromatic rings. The molecule has 6 heteroatoms. The van der Waals surface area contributed by atoms with Crippen LogP contribution in [0.4, 0.5) is 0 Å². The van der Waals surface area contributed by atoms with Gasteiger partial charge in [0.15, 0.2) is 6.10 Å². The first-order valence-corrected chi connectivity index (χ1v) is 28.0. The molecule has 0 saturated heterocycles. The van der Waals surface area contributed by atoms with Crippen LogP contribution in [0, 0.1) is 0 Å². The lowest BCUT2D eigenvalue weighted by atomic mass is 10.0.